The molecule has 13 heavy (non-hydrogen) atoms. The molecule has 0 saturated heterocycles. The Morgan fingerprint density at radius 3 is 2.85 bits per heavy atom. The van der Waals surface area contributed by atoms with E-state index in [0.29, 0.717) is 0 Å². The molecule has 0 spiro atoms. The Kier molecular flexibility index (Phi) is 2.06. The number of benzene rings is 1. The van der Waals surface area contributed by atoms with Crippen molar-refractivity contribution in [1.29, 1.82) is 0 Å². The molecule has 0 saturated carbocycles. The van der Waals surface area contributed by atoms with Crippen LogP contribution < -0.4 is 0 Å². The number of hydrogen-bond donors (Lipinski definition) is 1. The highest BCUT2D eigenvalue weighted by Crippen LogP contribution is 2.16. The Morgan fingerprint density at radius 2 is 2.23 bits per heavy atom. The second-order valence-corrected chi connectivity index (χ2v) is 3.44. The number of rotatable bonds is 1. The standard InChI is InChI=1S/C9H7BrN2O/c10-9-5-12(6-11-9)7-2-1-3-8(13)4-7/h1-6,13H. The van der Waals surface area contributed by atoms with Gasteiger partial charge in [0.15, 0.2) is 0 Å². The second kappa shape index (κ2) is 3.22. The van der Waals surface area contributed by atoms with E-state index in [1.807, 2.05) is 16.8 Å². The van der Waals surface area contributed by atoms with Crippen molar-refractivity contribution >= 4 is 15.9 Å². The molecule has 2 rings (SSSR count). The highest BCUT2D eigenvalue weighted by Gasteiger charge is 1.98. The first kappa shape index (κ1) is 8.31. The van der Waals surface area contributed by atoms with Crippen LogP contribution in [0.25, 0.3) is 5.69 Å². The summed E-state index contributed by atoms with van der Waals surface area (Å²) in [7, 11) is 0. The van der Waals surface area contributed by atoms with E-state index in [1.54, 1.807) is 24.5 Å². The van der Waals surface area contributed by atoms with Crippen LogP contribution in [0.15, 0.2) is 41.4 Å². The highest BCUT2D eigenvalue weighted by atomic mass is 79.9. The van der Waals surface area contributed by atoms with Gasteiger partial charge in [-0.2, -0.15) is 0 Å². The van der Waals surface area contributed by atoms with Crippen molar-refractivity contribution in [2.75, 3.05) is 0 Å². The molecule has 0 aliphatic rings. The van der Waals surface area contributed by atoms with E-state index in [2.05, 4.69) is 20.9 Å². The van der Waals surface area contributed by atoms with E-state index in [9.17, 15) is 5.11 Å². The first-order valence-electron chi connectivity index (χ1n) is 3.74. The molecule has 0 unspecified atom stereocenters. The van der Waals surface area contributed by atoms with Crippen molar-refractivity contribution in [3.8, 4) is 11.4 Å². The third-order valence-electron chi connectivity index (χ3n) is 1.68. The summed E-state index contributed by atoms with van der Waals surface area (Å²) < 4.78 is 2.60. The lowest BCUT2D eigenvalue weighted by molar-refractivity contribution is 0.475. The number of imidazole rings is 1. The van der Waals surface area contributed by atoms with Gasteiger partial charge in [0.2, 0.25) is 0 Å². The first-order valence-corrected chi connectivity index (χ1v) is 4.54. The lowest BCUT2D eigenvalue weighted by Crippen LogP contribution is -1.87. The number of halogens is 1. The van der Waals surface area contributed by atoms with Gasteiger partial charge in [-0.1, -0.05) is 6.07 Å². The predicted molar refractivity (Wildman–Crippen MR) is 52.9 cm³/mol. The van der Waals surface area contributed by atoms with Crippen LogP contribution in [0.2, 0.25) is 0 Å². The fourth-order valence-corrected chi connectivity index (χ4v) is 1.41. The van der Waals surface area contributed by atoms with Crippen LogP contribution in [0.3, 0.4) is 0 Å². The molecule has 0 atom stereocenters. The molecule has 1 heterocycles. The Balaban J connectivity index is 2.46. The number of hydrogen-bond acceptors (Lipinski definition) is 2. The third-order valence-corrected chi connectivity index (χ3v) is 2.09. The summed E-state index contributed by atoms with van der Waals surface area (Å²) in [5, 5.41) is 9.24. The minimum Gasteiger partial charge on any atom is -0.508 e. The zero-order valence-electron chi connectivity index (χ0n) is 6.68. The lowest BCUT2D eigenvalue weighted by atomic mass is 10.3. The minimum absolute atomic E-state index is 0.252. The van der Waals surface area contributed by atoms with E-state index >= 15 is 0 Å². The topological polar surface area (TPSA) is 38.0 Å². The molecule has 0 amide bonds. The number of phenolic OH excluding ortho intramolecular Hbond substituents is 1. The monoisotopic (exact) mass is 238 g/mol. The summed E-state index contributed by atoms with van der Waals surface area (Å²) in [6.07, 6.45) is 3.51. The van der Waals surface area contributed by atoms with Gasteiger partial charge in [0, 0.05) is 12.3 Å². The quantitative estimate of drug-likeness (QED) is 0.829. The summed E-state index contributed by atoms with van der Waals surface area (Å²) >= 11 is 3.25. The molecule has 0 fully saturated rings. The van der Waals surface area contributed by atoms with Crippen molar-refractivity contribution in [2.45, 2.75) is 0 Å². The van der Waals surface area contributed by atoms with Gasteiger partial charge >= 0.3 is 0 Å². The highest BCUT2D eigenvalue weighted by molar-refractivity contribution is 9.10. The van der Waals surface area contributed by atoms with Gasteiger partial charge in [-0.25, -0.2) is 4.98 Å². The van der Waals surface area contributed by atoms with Crippen LogP contribution in [0.5, 0.6) is 5.75 Å². The summed E-state index contributed by atoms with van der Waals surface area (Å²) in [5.74, 6) is 0.252. The van der Waals surface area contributed by atoms with Gasteiger partial charge < -0.3 is 9.67 Å². The van der Waals surface area contributed by atoms with Gasteiger partial charge in [0.1, 0.15) is 16.7 Å². The average molecular weight is 239 g/mol. The SMILES string of the molecule is Oc1cccc(-n2cnc(Br)c2)c1. The van der Waals surface area contributed by atoms with E-state index in [1.165, 1.54) is 0 Å². The van der Waals surface area contributed by atoms with Gasteiger partial charge in [-0.05, 0) is 28.1 Å². The lowest BCUT2D eigenvalue weighted by Gasteiger charge is -2.00. The average Bonchev–Trinajstić information content (AvgIpc) is 2.52. The molecule has 0 aliphatic heterocycles. The molecule has 1 aromatic carbocycles. The smallest absolute Gasteiger partial charge is 0.124 e. The predicted octanol–water partition coefficient (Wildman–Crippen LogP) is 2.34. The first-order chi connectivity index (χ1) is 6.25. The van der Waals surface area contributed by atoms with Crippen LogP contribution >= 0.6 is 15.9 Å². The van der Waals surface area contributed by atoms with Gasteiger partial charge in [0.05, 0.1) is 5.69 Å². The number of phenols is 1. The molecule has 2 aromatic rings. The van der Waals surface area contributed by atoms with Crippen LogP contribution in [0, 0.1) is 0 Å². The van der Waals surface area contributed by atoms with E-state index < -0.39 is 0 Å². The molecule has 3 nitrogen and oxygen atoms in total. The summed E-state index contributed by atoms with van der Waals surface area (Å²) in [4.78, 5) is 4.02. The van der Waals surface area contributed by atoms with Gasteiger partial charge in [-0.15, -0.1) is 0 Å². The maximum Gasteiger partial charge on any atom is 0.124 e. The Hall–Kier alpha value is -1.29. The second-order valence-electron chi connectivity index (χ2n) is 2.62. The maximum absolute atomic E-state index is 9.24. The Labute approximate surface area is 83.8 Å². The third kappa shape index (κ3) is 1.72. The minimum atomic E-state index is 0.252. The fraction of sp³-hybridized carbons (Fsp3) is 0. The van der Waals surface area contributed by atoms with E-state index in [0.717, 1.165) is 10.3 Å². The Bertz CT molecular complexity index is 425. The summed E-state index contributed by atoms with van der Waals surface area (Å²) in [5.41, 5.74) is 0.887. The zero-order chi connectivity index (χ0) is 9.26. The van der Waals surface area contributed by atoms with Crippen molar-refractivity contribution in [2.24, 2.45) is 0 Å². The molecular formula is C9H7BrN2O. The summed E-state index contributed by atoms with van der Waals surface area (Å²) in [6.45, 7) is 0. The van der Waals surface area contributed by atoms with Crippen molar-refractivity contribution in [3.63, 3.8) is 0 Å². The molecule has 1 aromatic heterocycles. The van der Waals surface area contributed by atoms with Crippen LogP contribution in [-0.2, 0) is 0 Å². The normalized spacial score (nSPS) is 10.2. The maximum atomic E-state index is 9.24. The van der Waals surface area contributed by atoms with Crippen molar-refractivity contribution < 1.29 is 5.11 Å². The molecule has 0 aliphatic carbocycles. The van der Waals surface area contributed by atoms with Gasteiger partial charge in [-0.3, -0.25) is 0 Å². The molecule has 0 radical (unpaired) electrons. The van der Waals surface area contributed by atoms with E-state index in [-0.39, 0.29) is 5.75 Å². The molecule has 4 heteroatoms. The van der Waals surface area contributed by atoms with Crippen LogP contribution in [-0.4, -0.2) is 14.7 Å². The van der Waals surface area contributed by atoms with Crippen molar-refractivity contribution in [1.82, 2.24) is 9.55 Å². The molecule has 1 N–H and O–H groups in total. The number of aromatic nitrogens is 2. The molecule has 0 bridgehead atoms. The van der Waals surface area contributed by atoms with Crippen molar-refractivity contribution in [3.05, 3.63) is 41.4 Å². The summed E-state index contributed by atoms with van der Waals surface area (Å²) in [6, 6.07) is 7.00. The van der Waals surface area contributed by atoms with Crippen LogP contribution in [0.4, 0.5) is 0 Å². The number of nitrogens with zero attached hydrogens (tertiary/aromatic N) is 2. The number of aromatic hydroxyl groups is 1. The van der Waals surface area contributed by atoms with Gasteiger partial charge in [0.25, 0.3) is 0 Å². The largest absolute Gasteiger partial charge is 0.508 e. The van der Waals surface area contributed by atoms with E-state index in [4.69, 9.17) is 0 Å². The Morgan fingerprint density at radius 1 is 1.38 bits per heavy atom. The van der Waals surface area contributed by atoms with Crippen LogP contribution in [0.1, 0.15) is 0 Å². The zero-order valence-corrected chi connectivity index (χ0v) is 8.27. The molecule has 66 valence electrons. The fourth-order valence-electron chi connectivity index (χ4n) is 1.09. The molecular weight excluding hydrogens is 232 g/mol.